The first-order valence-electron chi connectivity index (χ1n) is 10.6. The normalized spacial score (nSPS) is 22.1. The molecule has 3 aromatic carbocycles. The number of nitro benzene ring substituents is 1. The van der Waals surface area contributed by atoms with Gasteiger partial charge < -0.3 is 0 Å². The van der Waals surface area contributed by atoms with E-state index in [0.29, 0.717) is 16.9 Å². The maximum atomic E-state index is 13.7. The zero-order valence-electron chi connectivity index (χ0n) is 18.0. The predicted molar refractivity (Wildman–Crippen MR) is 122 cm³/mol. The van der Waals surface area contributed by atoms with Crippen molar-refractivity contribution < 1.29 is 19.3 Å². The summed E-state index contributed by atoms with van der Waals surface area (Å²) in [7, 11) is 0. The number of imide groups is 1. The van der Waals surface area contributed by atoms with Crippen molar-refractivity contribution in [3.05, 3.63) is 99.6 Å². The molecule has 0 bridgehead atoms. The van der Waals surface area contributed by atoms with Crippen LogP contribution in [0.5, 0.6) is 0 Å². The molecule has 0 aliphatic carbocycles. The Kier molecular flexibility index (Phi) is 4.94. The van der Waals surface area contributed by atoms with Crippen LogP contribution < -0.4 is 9.96 Å². The molecule has 8 nitrogen and oxygen atoms in total. The Labute approximate surface area is 190 Å². The van der Waals surface area contributed by atoms with Crippen LogP contribution >= 0.6 is 0 Å². The summed E-state index contributed by atoms with van der Waals surface area (Å²) in [6.45, 7) is 3.78. The Balaban J connectivity index is 1.64. The summed E-state index contributed by atoms with van der Waals surface area (Å²) in [4.78, 5) is 45.7. The number of anilines is 2. The fourth-order valence-electron chi connectivity index (χ4n) is 4.73. The Hall–Kier alpha value is -4.04. The number of hydrogen-bond acceptors (Lipinski definition) is 6. The largest absolute Gasteiger partial charge is 0.274 e. The summed E-state index contributed by atoms with van der Waals surface area (Å²) < 4.78 is 0. The Morgan fingerprint density at radius 2 is 1.61 bits per heavy atom. The van der Waals surface area contributed by atoms with Gasteiger partial charge >= 0.3 is 0 Å². The van der Waals surface area contributed by atoms with Crippen LogP contribution in [0.15, 0.2) is 72.8 Å². The maximum Gasteiger partial charge on any atom is 0.274 e. The summed E-state index contributed by atoms with van der Waals surface area (Å²) in [5.41, 5.74) is 3.11. The molecule has 2 aliphatic heterocycles. The number of hydroxylamine groups is 1. The molecule has 5 rings (SSSR count). The molecule has 2 heterocycles. The van der Waals surface area contributed by atoms with Gasteiger partial charge in [-0.1, -0.05) is 48.0 Å². The van der Waals surface area contributed by atoms with E-state index in [1.54, 1.807) is 48.5 Å². The van der Waals surface area contributed by atoms with E-state index < -0.39 is 34.8 Å². The number of amides is 2. The molecule has 166 valence electrons. The second-order valence-corrected chi connectivity index (χ2v) is 8.28. The lowest BCUT2D eigenvalue weighted by Crippen LogP contribution is -2.37. The second-order valence-electron chi connectivity index (χ2n) is 8.28. The van der Waals surface area contributed by atoms with Gasteiger partial charge in [0.2, 0.25) is 5.91 Å². The van der Waals surface area contributed by atoms with Crippen molar-refractivity contribution in [3.63, 3.8) is 0 Å². The van der Waals surface area contributed by atoms with Gasteiger partial charge in [0.1, 0.15) is 12.0 Å². The minimum absolute atomic E-state index is 0.127. The van der Waals surface area contributed by atoms with Crippen LogP contribution in [-0.4, -0.2) is 22.8 Å². The number of nitrogens with zero attached hydrogens (tertiary/aromatic N) is 3. The van der Waals surface area contributed by atoms with Crippen molar-refractivity contribution in [1.82, 2.24) is 0 Å². The van der Waals surface area contributed by atoms with Crippen LogP contribution in [0, 0.1) is 29.9 Å². The molecule has 0 saturated carbocycles. The molecule has 0 unspecified atom stereocenters. The van der Waals surface area contributed by atoms with Crippen molar-refractivity contribution in [2.75, 3.05) is 9.96 Å². The fraction of sp³-hybridized carbons (Fsp3) is 0.200. The molecule has 0 aromatic heterocycles. The van der Waals surface area contributed by atoms with Crippen molar-refractivity contribution >= 4 is 28.9 Å². The Morgan fingerprint density at radius 3 is 2.30 bits per heavy atom. The molecule has 0 spiro atoms. The first-order valence-corrected chi connectivity index (χ1v) is 10.6. The first-order chi connectivity index (χ1) is 15.9. The molecule has 0 radical (unpaired) electrons. The van der Waals surface area contributed by atoms with Crippen LogP contribution in [0.4, 0.5) is 17.1 Å². The molecular formula is C25H21N3O5. The van der Waals surface area contributed by atoms with E-state index in [1.807, 2.05) is 32.0 Å². The van der Waals surface area contributed by atoms with Crippen LogP contribution in [-0.2, 0) is 14.4 Å². The van der Waals surface area contributed by atoms with Crippen molar-refractivity contribution in [2.24, 2.45) is 5.92 Å². The van der Waals surface area contributed by atoms with Crippen molar-refractivity contribution in [3.8, 4) is 0 Å². The van der Waals surface area contributed by atoms with Gasteiger partial charge in [0.25, 0.3) is 11.6 Å². The molecular weight excluding hydrogens is 422 g/mol. The number of hydrogen-bond donors (Lipinski definition) is 0. The summed E-state index contributed by atoms with van der Waals surface area (Å²) in [5, 5.41) is 13.3. The van der Waals surface area contributed by atoms with Crippen LogP contribution in [0.25, 0.3) is 0 Å². The number of benzene rings is 3. The van der Waals surface area contributed by atoms with Crippen molar-refractivity contribution in [1.29, 1.82) is 0 Å². The van der Waals surface area contributed by atoms with Gasteiger partial charge in [0.15, 0.2) is 6.10 Å². The Bertz CT molecular complexity index is 1280. The standard InChI is InChI=1S/C25H21N3O5/c1-15-12-13-19(16(2)14-15)26-24(29)21-22(18-10-6-7-11-20(18)28(31)32)27(33-23(21)25(26)30)17-8-4-3-5-9-17/h3-14,21-23H,1-2H3/t21-,22+,23+/m1/s1. The molecule has 2 fully saturated rings. The monoisotopic (exact) mass is 443 g/mol. The van der Waals surface area contributed by atoms with E-state index in [4.69, 9.17) is 4.84 Å². The average molecular weight is 443 g/mol. The molecule has 3 atom stereocenters. The number of rotatable bonds is 4. The summed E-state index contributed by atoms with van der Waals surface area (Å²) in [5.74, 6) is -1.84. The smallest absolute Gasteiger partial charge is 0.273 e. The third kappa shape index (κ3) is 3.27. The van der Waals surface area contributed by atoms with E-state index in [0.717, 1.165) is 16.0 Å². The van der Waals surface area contributed by atoms with Crippen LogP contribution in [0.1, 0.15) is 22.7 Å². The van der Waals surface area contributed by atoms with Crippen molar-refractivity contribution in [2.45, 2.75) is 26.0 Å². The van der Waals surface area contributed by atoms with Crippen LogP contribution in [0.2, 0.25) is 0 Å². The zero-order valence-corrected chi connectivity index (χ0v) is 18.0. The fourth-order valence-corrected chi connectivity index (χ4v) is 4.73. The highest BCUT2D eigenvalue weighted by Gasteiger charge is 2.61. The van der Waals surface area contributed by atoms with E-state index in [1.165, 1.54) is 11.1 Å². The number of carbonyl (C=O) groups excluding carboxylic acids is 2. The van der Waals surface area contributed by atoms with Gasteiger partial charge in [-0.05, 0) is 43.7 Å². The summed E-state index contributed by atoms with van der Waals surface area (Å²) in [6.07, 6.45) is -1.08. The van der Waals surface area contributed by atoms with Gasteiger partial charge in [-0.3, -0.25) is 24.5 Å². The molecule has 33 heavy (non-hydrogen) atoms. The molecule has 2 saturated heterocycles. The molecule has 2 aliphatic rings. The highest BCUT2D eigenvalue weighted by atomic mass is 16.7. The van der Waals surface area contributed by atoms with Gasteiger partial charge in [-0.25, -0.2) is 9.96 Å². The number of nitro groups is 1. The lowest BCUT2D eigenvalue weighted by Gasteiger charge is -2.28. The topological polar surface area (TPSA) is 93.0 Å². The minimum atomic E-state index is -1.08. The minimum Gasteiger partial charge on any atom is -0.273 e. The van der Waals surface area contributed by atoms with E-state index in [-0.39, 0.29) is 5.69 Å². The molecule has 8 heteroatoms. The lowest BCUT2D eigenvalue weighted by molar-refractivity contribution is -0.385. The van der Waals surface area contributed by atoms with E-state index in [9.17, 15) is 19.7 Å². The van der Waals surface area contributed by atoms with E-state index >= 15 is 0 Å². The van der Waals surface area contributed by atoms with E-state index in [2.05, 4.69) is 0 Å². The highest BCUT2D eigenvalue weighted by Crippen LogP contribution is 2.49. The molecule has 0 N–H and O–H groups in total. The second kappa shape index (κ2) is 7.83. The number of para-hydroxylation sites is 2. The Morgan fingerprint density at radius 1 is 0.909 bits per heavy atom. The van der Waals surface area contributed by atoms with Gasteiger partial charge in [0, 0.05) is 6.07 Å². The first kappa shape index (κ1) is 20.8. The number of carbonyl (C=O) groups is 2. The SMILES string of the molecule is Cc1ccc(N2C(=O)[C@H]3[C@H](ON(c4ccccc4)[C@H]3c3ccccc3[N+](=O)[O-])C2=O)c(C)c1. The van der Waals surface area contributed by atoms with Gasteiger partial charge in [-0.2, -0.15) is 0 Å². The van der Waals surface area contributed by atoms with Crippen LogP contribution in [0.3, 0.4) is 0 Å². The van der Waals surface area contributed by atoms with Gasteiger partial charge in [-0.15, -0.1) is 0 Å². The summed E-state index contributed by atoms with van der Waals surface area (Å²) >= 11 is 0. The number of aryl methyl sites for hydroxylation is 2. The zero-order chi connectivity index (χ0) is 23.3. The van der Waals surface area contributed by atoms with Gasteiger partial charge in [0.05, 0.1) is 21.9 Å². The lowest BCUT2D eigenvalue weighted by atomic mass is 9.89. The molecule has 3 aromatic rings. The maximum absolute atomic E-state index is 13.7. The third-order valence-corrected chi connectivity index (χ3v) is 6.17. The third-order valence-electron chi connectivity index (χ3n) is 6.17. The number of fused-ring (bicyclic) bond motifs is 1. The predicted octanol–water partition coefficient (Wildman–Crippen LogP) is 4.26. The highest BCUT2D eigenvalue weighted by molar-refractivity contribution is 6.24. The molecule has 2 amide bonds. The summed E-state index contributed by atoms with van der Waals surface area (Å²) in [6, 6.07) is 19.9. The quantitative estimate of drug-likeness (QED) is 0.340. The average Bonchev–Trinajstić information content (AvgIpc) is 3.31.